The van der Waals surface area contributed by atoms with Gasteiger partial charge in [0.1, 0.15) is 12.1 Å². The summed E-state index contributed by atoms with van der Waals surface area (Å²) in [6.07, 6.45) is 7.84. The van der Waals surface area contributed by atoms with Crippen LogP contribution in [0.3, 0.4) is 0 Å². The lowest BCUT2D eigenvalue weighted by atomic mass is 9.65. The Morgan fingerprint density at radius 2 is 1.76 bits per heavy atom. The van der Waals surface area contributed by atoms with Crippen molar-refractivity contribution in [2.45, 2.75) is 96.2 Å². The van der Waals surface area contributed by atoms with Crippen molar-refractivity contribution in [1.82, 2.24) is 15.1 Å². The zero-order chi connectivity index (χ0) is 21.4. The number of rotatable bonds is 5. The Morgan fingerprint density at radius 1 is 1.17 bits per heavy atom. The molecule has 1 heterocycles. The summed E-state index contributed by atoms with van der Waals surface area (Å²) in [5, 5.41) is 2.94. The van der Waals surface area contributed by atoms with Gasteiger partial charge in [0, 0.05) is 19.1 Å². The second-order valence-corrected chi connectivity index (χ2v) is 10.1. The minimum atomic E-state index is -0.812. The van der Waals surface area contributed by atoms with E-state index < -0.39 is 11.6 Å². The number of imide groups is 1. The summed E-state index contributed by atoms with van der Waals surface area (Å²) in [6.45, 7) is 6.60. The van der Waals surface area contributed by atoms with E-state index in [-0.39, 0.29) is 35.9 Å². The monoisotopic (exact) mass is 406 g/mol. The van der Waals surface area contributed by atoms with Gasteiger partial charge < -0.3 is 16.0 Å². The van der Waals surface area contributed by atoms with Crippen LogP contribution in [-0.2, 0) is 9.59 Å². The summed E-state index contributed by atoms with van der Waals surface area (Å²) in [7, 11) is 1.77. The molecule has 0 aromatic heterocycles. The van der Waals surface area contributed by atoms with Gasteiger partial charge in [0.25, 0.3) is 5.91 Å². The third kappa shape index (κ3) is 4.30. The lowest BCUT2D eigenvalue weighted by Crippen LogP contribution is -2.51. The molecule has 0 bridgehead atoms. The summed E-state index contributed by atoms with van der Waals surface area (Å²) >= 11 is 0. The fraction of sp³-hybridized carbons (Fsp3) is 0.864. The molecule has 3 aliphatic rings. The number of amides is 4. The molecule has 2 aliphatic carbocycles. The van der Waals surface area contributed by atoms with Crippen molar-refractivity contribution in [3.8, 4) is 0 Å². The first kappa shape index (κ1) is 22.1. The highest BCUT2D eigenvalue weighted by atomic mass is 16.2. The van der Waals surface area contributed by atoms with Crippen LogP contribution in [0.25, 0.3) is 0 Å². The Hall–Kier alpha value is -1.63. The SMILES string of the molecule is CCC(C)(C)C1CCC2(CC1)NC(=O)N(CC(=O)N(C)C1CCC(N)CC1)C2=O. The number of carbonyl (C=O) groups is 3. The van der Waals surface area contributed by atoms with E-state index in [1.807, 2.05) is 0 Å². The molecule has 3 fully saturated rings. The number of hydrogen-bond acceptors (Lipinski definition) is 4. The van der Waals surface area contributed by atoms with Crippen LogP contribution in [0.2, 0.25) is 0 Å². The second kappa shape index (κ2) is 8.25. The van der Waals surface area contributed by atoms with E-state index in [0.29, 0.717) is 18.8 Å². The number of nitrogens with one attached hydrogen (secondary N) is 1. The molecule has 164 valence electrons. The van der Waals surface area contributed by atoms with Crippen molar-refractivity contribution in [2.24, 2.45) is 17.1 Å². The Balaban J connectivity index is 1.60. The van der Waals surface area contributed by atoms with E-state index in [0.717, 1.165) is 49.8 Å². The topological polar surface area (TPSA) is 95.7 Å². The third-order valence-corrected chi connectivity index (χ3v) is 8.08. The summed E-state index contributed by atoms with van der Waals surface area (Å²) < 4.78 is 0. The normalized spacial score (nSPS) is 33.1. The van der Waals surface area contributed by atoms with E-state index in [1.165, 1.54) is 0 Å². The van der Waals surface area contributed by atoms with E-state index >= 15 is 0 Å². The number of nitrogens with two attached hydrogens (primary N) is 1. The molecule has 0 atom stereocenters. The van der Waals surface area contributed by atoms with Crippen molar-refractivity contribution in [3.05, 3.63) is 0 Å². The smallest absolute Gasteiger partial charge is 0.325 e. The molecule has 0 aromatic rings. The number of carbonyl (C=O) groups excluding carboxylic acids is 3. The minimum Gasteiger partial charge on any atom is -0.341 e. The molecule has 0 aromatic carbocycles. The molecule has 29 heavy (non-hydrogen) atoms. The van der Waals surface area contributed by atoms with Crippen molar-refractivity contribution < 1.29 is 14.4 Å². The highest BCUT2D eigenvalue weighted by molar-refractivity contribution is 6.09. The number of likely N-dealkylation sites (N-methyl/N-ethyl adjacent to an activating group) is 1. The molecule has 1 aliphatic heterocycles. The molecule has 7 heteroatoms. The molecule has 7 nitrogen and oxygen atoms in total. The van der Waals surface area contributed by atoms with Crippen molar-refractivity contribution in [2.75, 3.05) is 13.6 Å². The van der Waals surface area contributed by atoms with Gasteiger partial charge in [-0.15, -0.1) is 0 Å². The van der Waals surface area contributed by atoms with Gasteiger partial charge in [-0.2, -0.15) is 0 Å². The molecular weight excluding hydrogens is 368 g/mol. The summed E-state index contributed by atoms with van der Waals surface area (Å²) in [5.41, 5.74) is 5.39. The van der Waals surface area contributed by atoms with Crippen molar-refractivity contribution in [3.63, 3.8) is 0 Å². The quantitative estimate of drug-likeness (QED) is 0.686. The van der Waals surface area contributed by atoms with E-state index in [1.54, 1.807) is 11.9 Å². The van der Waals surface area contributed by atoms with Crippen LogP contribution in [0, 0.1) is 11.3 Å². The molecule has 2 saturated carbocycles. The Kier molecular flexibility index (Phi) is 6.27. The third-order valence-electron chi connectivity index (χ3n) is 8.08. The van der Waals surface area contributed by atoms with Crippen molar-refractivity contribution >= 4 is 17.8 Å². The lowest BCUT2D eigenvalue weighted by molar-refractivity contribution is -0.140. The predicted molar refractivity (Wildman–Crippen MR) is 112 cm³/mol. The largest absolute Gasteiger partial charge is 0.341 e. The molecule has 0 radical (unpaired) electrons. The minimum absolute atomic E-state index is 0.142. The molecule has 3 N–H and O–H groups in total. The first-order valence-electron chi connectivity index (χ1n) is 11.2. The van der Waals surface area contributed by atoms with Gasteiger partial charge >= 0.3 is 6.03 Å². The van der Waals surface area contributed by atoms with Crippen LogP contribution in [0.5, 0.6) is 0 Å². The molecule has 0 unspecified atom stereocenters. The van der Waals surface area contributed by atoms with E-state index in [4.69, 9.17) is 5.73 Å². The van der Waals surface area contributed by atoms with Crippen LogP contribution in [0.1, 0.15) is 78.6 Å². The first-order chi connectivity index (χ1) is 13.6. The fourth-order valence-corrected chi connectivity index (χ4v) is 5.28. The summed E-state index contributed by atoms with van der Waals surface area (Å²) in [6, 6.07) is -0.0623. The highest BCUT2D eigenvalue weighted by Gasteiger charge is 2.54. The number of urea groups is 1. The first-order valence-corrected chi connectivity index (χ1v) is 11.2. The van der Waals surface area contributed by atoms with Gasteiger partial charge in [0.2, 0.25) is 5.91 Å². The van der Waals surface area contributed by atoms with E-state index in [9.17, 15) is 14.4 Å². The second-order valence-electron chi connectivity index (χ2n) is 10.1. The Labute approximate surface area is 174 Å². The lowest BCUT2D eigenvalue weighted by Gasteiger charge is -2.42. The zero-order valence-electron chi connectivity index (χ0n) is 18.5. The maximum atomic E-state index is 13.2. The van der Waals surface area contributed by atoms with Gasteiger partial charge in [-0.25, -0.2) is 4.79 Å². The average Bonchev–Trinajstić information content (AvgIpc) is 2.92. The highest BCUT2D eigenvalue weighted by Crippen LogP contribution is 2.45. The van der Waals surface area contributed by atoms with Crippen LogP contribution < -0.4 is 11.1 Å². The van der Waals surface area contributed by atoms with Crippen molar-refractivity contribution in [1.29, 1.82) is 0 Å². The van der Waals surface area contributed by atoms with Crippen LogP contribution in [-0.4, -0.2) is 58.9 Å². The van der Waals surface area contributed by atoms with Crippen LogP contribution in [0.4, 0.5) is 4.79 Å². The number of hydrogen-bond donors (Lipinski definition) is 2. The molecule has 4 amide bonds. The molecule has 1 saturated heterocycles. The fourth-order valence-electron chi connectivity index (χ4n) is 5.28. The summed E-state index contributed by atoms with van der Waals surface area (Å²) in [4.78, 5) is 41.4. The van der Waals surface area contributed by atoms with Crippen LogP contribution >= 0.6 is 0 Å². The van der Waals surface area contributed by atoms with Crippen LogP contribution in [0.15, 0.2) is 0 Å². The maximum Gasteiger partial charge on any atom is 0.325 e. The van der Waals surface area contributed by atoms with Gasteiger partial charge in [0.15, 0.2) is 0 Å². The zero-order valence-corrected chi connectivity index (χ0v) is 18.5. The predicted octanol–water partition coefficient (Wildman–Crippen LogP) is 2.63. The molecular formula is C22H38N4O3. The van der Waals surface area contributed by atoms with Gasteiger partial charge in [0.05, 0.1) is 0 Å². The van der Waals surface area contributed by atoms with Gasteiger partial charge in [-0.3, -0.25) is 14.5 Å². The summed E-state index contributed by atoms with van der Waals surface area (Å²) in [5.74, 6) is 0.164. The van der Waals surface area contributed by atoms with Gasteiger partial charge in [-0.1, -0.05) is 27.2 Å². The molecule has 1 spiro atoms. The standard InChI is InChI=1S/C22H38N4O3/c1-5-21(2,3)15-10-12-22(13-11-15)19(28)26(20(29)24-22)14-18(27)25(4)17-8-6-16(23)7-9-17/h15-17H,5-14,23H2,1-4H3,(H,24,29). The molecule has 3 rings (SSSR count). The van der Waals surface area contributed by atoms with Gasteiger partial charge in [-0.05, 0) is 62.7 Å². The maximum absolute atomic E-state index is 13.2. The Morgan fingerprint density at radius 3 is 2.31 bits per heavy atom. The average molecular weight is 407 g/mol. The number of nitrogens with zero attached hydrogens (tertiary/aromatic N) is 2. The Bertz CT molecular complexity index is 646. The van der Waals surface area contributed by atoms with E-state index in [2.05, 4.69) is 26.1 Å².